The molecule has 1 saturated heterocycles. The summed E-state index contributed by atoms with van der Waals surface area (Å²) in [7, 11) is 0. The van der Waals surface area contributed by atoms with Gasteiger partial charge in [-0.1, -0.05) is 24.3 Å². The second-order valence-electron chi connectivity index (χ2n) is 8.32. The van der Waals surface area contributed by atoms with E-state index in [1.807, 2.05) is 75.8 Å². The van der Waals surface area contributed by atoms with E-state index in [4.69, 9.17) is 9.47 Å². The Bertz CT molecular complexity index is 1130. The first kappa shape index (κ1) is 22.4. The van der Waals surface area contributed by atoms with Gasteiger partial charge < -0.3 is 19.3 Å². The lowest BCUT2D eigenvalue weighted by Crippen LogP contribution is -2.51. The Morgan fingerprint density at radius 2 is 1.65 bits per heavy atom. The molecule has 7 nitrogen and oxygen atoms in total. The van der Waals surface area contributed by atoms with E-state index < -0.39 is 0 Å². The molecule has 0 N–H and O–H groups in total. The van der Waals surface area contributed by atoms with Gasteiger partial charge in [0, 0.05) is 48.4 Å². The van der Waals surface area contributed by atoms with E-state index in [-0.39, 0.29) is 11.8 Å². The molecule has 0 unspecified atom stereocenters. The van der Waals surface area contributed by atoms with Gasteiger partial charge >= 0.3 is 0 Å². The Labute approximate surface area is 203 Å². The van der Waals surface area contributed by atoms with E-state index in [2.05, 4.69) is 4.90 Å². The quantitative estimate of drug-likeness (QED) is 0.544. The predicted octanol–water partition coefficient (Wildman–Crippen LogP) is 3.51. The van der Waals surface area contributed by atoms with Crippen molar-refractivity contribution in [2.45, 2.75) is 6.54 Å². The number of carbonyl (C=O) groups excluding carboxylic acids is 2. The zero-order valence-corrected chi connectivity index (χ0v) is 19.7. The van der Waals surface area contributed by atoms with Crippen LogP contribution in [0, 0.1) is 0 Å². The summed E-state index contributed by atoms with van der Waals surface area (Å²) in [5.74, 6) is 1.44. The van der Waals surface area contributed by atoms with Crippen LogP contribution < -0.4 is 14.4 Å². The molecular formula is C26H27N3O4S. The minimum Gasteiger partial charge on any atom is -0.486 e. The number of carbonyl (C=O) groups is 2. The Morgan fingerprint density at radius 1 is 0.882 bits per heavy atom. The van der Waals surface area contributed by atoms with Crippen LogP contribution in [0.25, 0.3) is 0 Å². The van der Waals surface area contributed by atoms with Crippen molar-refractivity contribution in [1.29, 1.82) is 0 Å². The standard InChI is InChI=1S/C26H27N3O4S/c30-25(19-27-10-12-28(13-11-27)26(31)20-5-2-1-3-6-20)29(18-22-7-4-16-34-22)21-8-9-23-24(17-21)33-15-14-32-23/h1-9,16-17H,10-15,18-19H2. The number of amides is 2. The van der Waals surface area contributed by atoms with Gasteiger partial charge in [-0.15, -0.1) is 11.3 Å². The average molecular weight is 478 g/mol. The molecule has 176 valence electrons. The number of anilines is 1. The van der Waals surface area contributed by atoms with Crippen molar-refractivity contribution in [2.24, 2.45) is 0 Å². The highest BCUT2D eigenvalue weighted by atomic mass is 32.1. The fraction of sp³-hybridized carbons (Fsp3) is 0.308. The molecule has 0 bridgehead atoms. The Hall–Kier alpha value is -3.36. The normalized spacial score (nSPS) is 15.7. The molecule has 0 spiro atoms. The first-order valence-electron chi connectivity index (χ1n) is 11.5. The highest BCUT2D eigenvalue weighted by Crippen LogP contribution is 2.34. The number of rotatable bonds is 6. The molecule has 2 aliphatic rings. The predicted molar refractivity (Wildman–Crippen MR) is 132 cm³/mol. The summed E-state index contributed by atoms with van der Waals surface area (Å²) < 4.78 is 11.4. The largest absolute Gasteiger partial charge is 0.486 e. The van der Waals surface area contributed by atoms with Crippen LogP contribution in [0.2, 0.25) is 0 Å². The highest BCUT2D eigenvalue weighted by Gasteiger charge is 2.26. The summed E-state index contributed by atoms with van der Waals surface area (Å²) in [6.07, 6.45) is 0. The molecule has 5 rings (SSSR count). The molecule has 2 aromatic carbocycles. The molecule has 0 radical (unpaired) electrons. The maximum atomic E-state index is 13.5. The molecule has 34 heavy (non-hydrogen) atoms. The van der Waals surface area contributed by atoms with Crippen LogP contribution in [-0.2, 0) is 11.3 Å². The number of hydrogen-bond donors (Lipinski definition) is 0. The van der Waals surface area contributed by atoms with Crippen molar-refractivity contribution < 1.29 is 19.1 Å². The molecule has 0 atom stereocenters. The first-order chi connectivity index (χ1) is 16.7. The Kier molecular flexibility index (Phi) is 6.78. The van der Waals surface area contributed by atoms with Crippen LogP contribution in [0.1, 0.15) is 15.2 Å². The molecule has 3 aromatic rings. The second-order valence-corrected chi connectivity index (χ2v) is 9.35. The minimum atomic E-state index is 0.0212. The molecule has 3 heterocycles. The molecule has 2 amide bonds. The van der Waals surface area contributed by atoms with Crippen LogP contribution in [0.4, 0.5) is 5.69 Å². The van der Waals surface area contributed by atoms with Gasteiger partial charge in [0.05, 0.1) is 13.1 Å². The van der Waals surface area contributed by atoms with E-state index >= 15 is 0 Å². The summed E-state index contributed by atoms with van der Waals surface area (Å²) in [6, 6.07) is 19.0. The number of nitrogens with zero attached hydrogens (tertiary/aromatic N) is 3. The zero-order chi connectivity index (χ0) is 23.3. The number of ether oxygens (including phenoxy) is 2. The maximum Gasteiger partial charge on any atom is 0.253 e. The fourth-order valence-electron chi connectivity index (χ4n) is 4.23. The van der Waals surface area contributed by atoms with Crippen LogP contribution in [0.5, 0.6) is 11.5 Å². The van der Waals surface area contributed by atoms with Crippen molar-refractivity contribution in [3.8, 4) is 11.5 Å². The van der Waals surface area contributed by atoms with Gasteiger partial charge in [0.15, 0.2) is 11.5 Å². The maximum absolute atomic E-state index is 13.5. The van der Waals surface area contributed by atoms with Crippen molar-refractivity contribution in [3.05, 3.63) is 76.5 Å². The first-order valence-corrected chi connectivity index (χ1v) is 12.3. The number of fused-ring (bicyclic) bond motifs is 1. The van der Waals surface area contributed by atoms with Gasteiger partial charge in [0.25, 0.3) is 5.91 Å². The average Bonchev–Trinajstić information content (AvgIpc) is 3.41. The number of benzene rings is 2. The van der Waals surface area contributed by atoms with Crippen molar-refractivity contribution in [1.82, 2.24) is 9.80 Å². The van der Waals surface area contributed by atoms with Gasteiger partial charge in [0.2, 0.25) is 5.91 Å². The van der Waals surface area contributed by atoms with E-state index in [0.29, 0.717) is 69.5 Å². The van der Waals surface area contributed by atoms with Gasteiger partial charge in [0.1, 0.15) is 13.2 Å². The second kappa shape index (κ2) is 10.3. The van der Waals surface area contributed by atoms with E-state index in [9.17, 15) is 9.59 Å². The zero-order valence-electron chi connectivity index (χ0n) is 18.9. The molecular weight excluding hydrogens is 450 g/mol. The van der Waals surface area contributed by atoms with Crippen LogP contribution in [-0.4, -0.2) is 67.6 Å². The summed E-state index contributed by atoms with van der Waals surface area (Å²) in [6.45, 7) is 4.38. The molecule has 0 saturated carbocycles. The van der Waals surface area contributed by atoms with Crippen LogP contribution in [0.3, 0.4) is 0 Å². The summed E-state index contributed by atoms with van der Waals surface area (Å²) in [5, 5.41) is 2.02. The van der Waals surface area contributed by atoms with E-state index in [1.165, 1.54) is 0 Å². The molecule has 0 aliphatic carbocycles. The van der Waals surface area contributed by atoms with E-state index in [0.717, 1.165) is 10.6 Å². The van der Waals surface area contributed by atoms with Gasteiger partial charge in [-0.3, -0.25) is 14.5 Å². The van der Waals surface area contributed by atoms with Gasteiger partial charge in [-0.05, 0) is 35.7 Å². The smallest absolute Gasteiger partial charge is 0.253 e. The van der Waals surface area contributed by atoms with Gasteiger partial charge in [-0.25, -0.2) is 0 Å². The topological polar surface area (TPSA) is 62.3 Å². The van der Waals surface area contributed by atoms with Crippen LogP contribution in [0.15, 0.2) is 66.0 Å². The van der Waals surface area contributed by atoms with Crippen molar-refractivity contribution in [2.75, 3.05) is 50.8 Å². The van der Waals surface area contributed by atoms with Crippen molar-refractivity contribution >= 4 is 28.8 Å². The SMILES string of the molecule is O=C(c1ccccc1)N1CCN(CC(=O)N(Cc2cccs2)c2ccc3c(c2)OCCO3)CC1. The molecule has 8 heteroatoms. The van der Waals surface area contributed by atoms with E-state index in [1.54, 1.807) is 11.3 Å². The number of piperazine rings is 1. The number of thiophene rings is 1. The van der Waals surface area contributed by atoms with Crippen molar-refractivity contribution in [3.63, 3.8) is 0 Å². The third kappa shape index (κ3) is 5.08. The Morgan fingerprint density at radius 3 is 2.38 bits per heavy atom. The lowest BCUT2D eigenvalue weighted by Gasteiger charge is -2.35. The van der Waals surface area contributed by atoms with Gasteiger partial charge in [-0.2, -0.15) is 0 Å². The summed E-state index contributed by atoms with van der Waals surface area (Å²) in [5.41, 5.74) is 1.49. The molecule has 1 aromatic heterocycles. The monoisotopic (exact) mass is 477 g/mol. The fourth-order valence-corrected chi connectivity index (χ4v) is 4.92. The van der Waals surface area contributed by atoms with Crippen LogP contribution >= 0.6 is 11.3 Å². The summed E-state index contributed by atoms with van der Waals surface area (Å²) >= 11 is 1.63. The lowest BCUT2D eigenvalue weighted by atomic mass is 10.2. The minimum absolute atomic E-state index is 0.0212. The molecule has 1 fully saturated rings. The lowest BCUT2D eigenvalue weighted by molar-refractivity contribution is -0.120. The molecule has 2 aliphatic heterocycles. The number of hydrogen-bond acceptors (Lipinski definition) is 6. The summed E-state index contributed by atoms with van der Waals surface area (Å²) in [4.78, 5) is 33.1. The highest BCUT2D eigenvalue weighted by molar-refractivity contribution is 7.09. The third-order valence-electron chi connectivity index (χ3n) is 6.07. The Balaban J connectivity index is 1.25. The third-order valence-corrected chi connectivity index (χ3v) is 6.93.